The molecule has 0 amide bonds. The summed E-state index contributed by atoms with van der Waals surface area (Å²) in [6.07, 6.45) is -3.13. The van der Waals surface area contributed by atoms with E-state index in [-0.39, 0.29) is 0 Å². The number of hydrogen-bond acceptors (Lipinski definition) is 3. The van der Waals surface area contributed by atoms with Crippen LogP contribution in [0.3, 0.4) is 0 Å². The van der Waals surface area contributed by atoms with E-state index < -0.39 is 18.2 Å². The minimum Gasteiger partial charge on any atom is -0.383 e. The highest BCUT2D eigenvalue weighted by atomic mass is 19.4. The van der Waals surface area contributed by atoms with Crippen LogP contribution in [-0.4, -0.2) is 45.2 Å². The fourth-order valence-corrected chi connectivity index (χ4v) is 2.95. The molecule has 1 aliphatic heterocycles. The van der Waals surface area contributed by atoms with E-state index in [4.69, 9.17) is 0 Å². The molecule has 1 aromatic heterocycles. The Morgan fingerprint density at radius 2 is 2.00 bits per heavy atom. The number of nitrogens with zero attached hydrogens (tertiary/aromatic N) is 3. The molecule has 2 heterocycles. The largest absolute Gasteiger partial charge is 0.414 e. The molecule has 1 aliphatic rings. The van der Waals surface area contributed by atoms with Crippen LogP contribution in [0.15, 0.2) is 6.20 Å². The SMILES string of the molecule is CCc1nn(C)cc1CN1CCC(C(O)C(F)(F)F)CC1. The molecule has 1 N–H and O–H groups in total. The van der Waals surface area contributed by atoms with E-state index in [0.29, 0.717) is 32.5 Å². The molecule has 1 atom stereocenters. The van der Waals surface area contributed by atoms with Crippen LogP contribution in [0.1, 0.15) is 31.0 Å². The van der Waals surface area contributed by atoms with E-state index in [2.05, 4.69) is 10.00 Å². The van der Waals surface area contributed by atoms with Gasteiger partial charge in [0.05, 0.1) is 5.69 Å². The van der Waals surface area contributed by atoms with Gasteiger partial charge in [0.2, 0.25) is 0 Å². The topological polar surface area (TPSA) is 41.3 Å². The zero-order valence-corrected chi connectivity index (χ0v) is 12.4. The Labute approximate surface area is 122 Å². The molecule has 0 bridgehead atoms. The predicted octanol–water partition coefficient (Wildman–Crippen LogP) is 2.12. The number of aromatic nitrogens is 2. The molecule has 0 aliphatic carbocycles. The molecule has 4 nitrogen and oxygen atoms in total. The van der Waals surface area contributed by atoms with Gasteiger partial charge in [-0.25, -0.2) is 0 Å². The van der Waals surface area contributed by atoms with Gasteiger partial charge < -0.3 is 5.11 Å². The van der Waals surface area contributed by atoms with Crippen molar-refractivity contribution in [3.8, 4) is 0 Å². The lowest BCUT2D eigenvalue weighted by atomic mass is 9.90. The highest BCUT2D eigenvalue weighted by Crippen LogP contribution is 2.32. The number of hydrogen-bond donors (Lipinski definition) is 1. The summed E-state index contributed by atoms with van der Waals surface area (Å²) < 4.78 is 39.3. The molecule has 7 heteroatoms. The third-order valence-electron chi connectivity index (χ3n) is 4.13. The fraction of sp³-hybridized carbons (Fsp3) is 0.786. The van der Waals surface area contributed by atoms with Crippen molar-refractivity contribution in [2.45, 2.75) is 45.0 Å². The predicted molar refractivity (Wildman–Crippen MR) is 72.6 cm³/mol. The summed E-state index contributed by atoms with van der Waals surface area (Å²) in [4.78, 5) is 2.13. The summed E-state index contributed by atoms with van der Waals surface area (Å²) in [7, 11) is 1.87. The number of piperidine rings is 1. The van der Waals surface area contributed by atoms with Gasteiger partial charge in [-0.05, 0) is 38.3 Å². The van der Waals surface area contributed by atoms with E-state index in [1.165, 1.54) is 0 Å². The molecule has 0 radical (unpaired) electrons. The number of rotatable bonds is 4. The van der Waals surface area contributed by atoms with Crippen LogP contribution < -0.4 is 0 Å². The number of aliphatic hydroxyl groups excluding tert-OH is 1. The van der Waals surface area contributed by atoms with Crippen LogP contribution in [0, 0.1) is 5.92 Å². The molecule has 1 fully saturated rings. The van der Waals surface area contributed by atoms with Crippen molar-refractivity contribution in [2.75, 3.05) is 13.1 Å². The van der Waals surface area contributed by atoms with Crippen molar-refractivity contribution >= 4 is 0 Å². The first-order chi connectivity index (χ1) is 9.81. The summed E-state index contributed by atoms with van der Waals surface area (Å²) in [6, 6.07) is 0. The van der Waals surface area contributed by atoms with E-state index >= 15 is 0 Å². The summed E-state index contributed by atoms with van der Waals surface area (Å²) in [6.45, 7) is 3.91. The van der Waals surface area contributed by atoms with Crippen molar-refractivity contribution in [1.29, 1.82) is 0 Å². The van der Waals surface area contributed by atoms with Crippen LogP contribution in [0.5, 0.6) is 0 Å². The lowest BCUT2D eigenvalue weighted by Crippen LogP contribution is -2.43. The first kappa shape index (κ1) is 16.3. The molecule has 0 spiro atoms. The maximum atomic E-state index is 12.5. The van der Waals surface area contributed by atoms with E-state index in [1.54, 1.807) is 4.68 Å². The van der Waals surface area contributed by atoms with Gasteiger partial charge in [-0.3, -0.25) is 9.58 Å². The third kappa shape index (κ3) is 3.97. The van der Waals surface area contributed by atoms with Gasteiger partial charge in [0.15, 0.2) is 6.10 Å². The van der Waals surface area contributed by atoms with Gasteiger partial charge in [0, 0.05) is 25.4 Å². The lowest BCUT2D eigenvalue weighted by Gasteiger charge is -2.34. The Kier molecular flexibility index (Phi) is 4.93. The standard InChI is InChI=1S/C14H22F3N3O/c1-3-12-11(8-19(2)18-12)9-20-6-4-10(5-7-20)13(21)14(15,16)17/h8,10,13,21H,3-7,9H2,1-2H3. The first-order valence-electron chi connectivity index (χ1n) is 7.29. The maximum absolute atomic E-state index is 12.5. The summed E-state index contributed by atoms with van der Waals surface area (Å²) in [5.74, 6) is -0.680. The quantitative estimate of drug-likeness (QED) is 0.926. The van der Waals surface area contributed by atoms with Crippen LogP contribution in [-0.2, 0) is 20.0 Å². The number of aryl methyl sites for hydroxylation is 2. The average molecular weight is 305 g/mol. The van der Waals surface area contributed by atoms with E-state index in [1.807, 2.05) is 20.2 Å². The van der Waals surface area contributed by atoms with Crippen molar-refractivity contribution in [3.63, 3.8) is 0 Å². The normalized spacial score (nSPS) is 19.9. The summed E-state index contributed by atoms with van der Waals surface area (Å²) in [5.41, 5.74) is 2.17. The highest BCUT2D eigenvalue weighted by Gasteiger charge is 2.44. The number of aliphatic hydroxyl groups is 1. The average Bonchev–Trinajstić information content (AvgIpc) is 2.78. The summed E-state index contributed by atoms with van der Waals surface area (Å²) in [5, 5.41) is 13.7. The molecule has 120 valence electrons. The fourth-order valence-electron chi connectivity index (χ4n) is 2.95. The zero-order valence-electron chi connectivity index (χ0n) is 12.4. The van der Waals surface area contributed by atoms with Gasteiger partial charge in [-0.15, -0.1) is 0 Å². The van der Waals surface area contributed by atoms with Gasteiger partial charge in [-0.2, -0.15) is 18.3 Å². The molecule has 1 saturated heterocycles. The Bertz CT molecular complexity index is 465. The van der Waals surface area contributed by atoms with Crippen molar-refractivity contribution in [3.05, 3.63) is 17.5 Å². The second-order valence-corrected chi connectivity index (χ2v) is 5.73. The second kappa shape index (κ2) is 6.36. The summed E-state index contributed by atoms with van der Waals surface area (Å²) >= 11 is 0. The molecule has 1 unspecified atom stereocenters. The smallest absolute Gasteiger partial charge is 0.383 e. The molecule has 0 aromatic carbocycles. The van der Waals surface area contributed by atoms with Crippen LogP contribution in [0.4, 0.5) is 13.2 Å². The van der Waals surface area contributed by atoms with Crippen LogP contribution in [0.2, 0.25) is 0 Å². The molecule has 0 saturated carbocycles. The zero-order chi connectivity index (χ0) is 15.6. The Hall–Kier alpha value is -1.08. The third-order valence-corrected chi connectivity index (χ3v) is 4.13. The highest BCUT2D eigenvalue weighted by molar-refractivity contribution is 5.16. The van der Waals surface area contributed by atoms with Crippen LogP contribution >= 0.6 is 0 Å². The van der Waals surface area contributed by atoms with Gasteiger partial charge in [0.1, 0.15) is 0 Å². The van der Waals surface area contributed by atoms with Gasteiger partial charge in [-0.1, -0.05) is 6.92 Å². The van der Waals surface area contributed by atoms with Gasteiger partial charge >= 0.3 is 6.18 Å². The first-order valence-corrected chi connectivity index (χ1v) is 7.29. The monoisotopic (exact) mass is 305 g/mol. The second-order valence-electron chi connectivity index (χ2n) is 5.73. The van der Waals surface area contributed by atoms with E-state index in [9.17, 15) is 18.3 Å². The Morgan fingerprint density at radius 1 is 1.38 bits per heavy atom. The Balaban J connectivity index is 1.89. The molecular weight excluding hydrogens is 283 g/mol. The van der Waals surface area contributed by atoms with E-state index in [0.717, 1.165) is 17.7 Å². The van der Waals surface area contributed by atoms with Crippen LogP contribution in [0.25, 0.3) is 0 Å². The number of likely N-dealkylation sites (tertiary alicyclic amines) is 1. The number of alkyl halides is 3. The minimum atomic E-state index is -4.51. The van der Waals surface area contributed by atoms with Crippen molar-refractivity contribution in [2.24, 2.45) is 13.0 Å². The molecule has 2 rings (SSSR count). The number of halogens is 3. The molecule has 21 heavy (non-hydrogen) atoms. The molecular formula is C14H22F3N3O. The van der Waals surface area contributed by atoms with Crippen molar-refractivity contribution in [1.82, 2.24) is 14.7 Å². The maximum Gasteiger partial charge on any atom is 0.414 e. The van der Waals surface area contributed by atoms with Crippen molar-refractivity contribution < 1.29 is 18.3 Å². The molecule has 1 aromatic rings. The van der Waals surface area contributed by atoms with Gasteiger partial charge in [0.25, 0.3) is 0 Å². The lowest BCUT2D eigenvalue weighted by molar-refractivity contribution is -0.223. The Morgan fingerprint density at radius 3 is 2.52 bits per heavy atom. The minimum absolute atomic E-state index is 0.377.